The topological polar surface area (TPSA) is 123 Å². The van der Waals surface area contributed by atoms with Crippen LogP contribution in [0, 0.1) is 10.8 Å². The first-order valence-electron chi connectivity index (χ1n) is 16.2. The minimum atomic E-state index is -0.901. The van der Waals surface area contributed by atoms with Crippen molar-refractivity contribution in [1.82, 2.24) is 16.0 Å². The summed E-state index contributed by atoms with van der Waals surface area (Å²) < 4.78 is 5.57. The third kappa shape index (κ3) is 8.31. The van der Waals surface area contributed by atoms with Gasteiger partial charge in [-0.1, -0.05) is 60.7 Å². The highest BCUT2D eigenvalue weighted by atomic mass is 16.5. The molecule has 5 N–H and O–H groups in total. The summed E-state index contributed by atoms with van der Waals surface area (Å²) in [4.78, 5) is 40.9. The fourth-order valence-electron chi connectivity index (χ4n) is 6.81. The molecule has 3 saturated carbocycles. The van der Waals surface area contributed by atoms with E-state index < -0.39 is 18.0 Å². The second kappa shape index (κ2) is 14.7. The minimum Gasteiger partial charge on any atom is -0.494 e. The zero-order chi connectivity index (χ0) is 31.7. The van der Waals surface area contributed by atoms with E-state index in [2.05, 4.69) is 16.0 Å². The van der Waals surface area contributed by atoms with Gasteiger partial charge in [0.1, 0.15) is 17.8 Å². The average molecular weight is 611 g/mol. The Hall–Kier alpha value is -4.17. The summed E-state index contributed by atoms with van der Waals surface area (Å²) in [6, 6.07) is 24.3. The van der Waals surface area contributed by atoms with E-state index in [1.807, 2.05) is 67.6 Å². The van der Waals surface area contributed by atoms with Crippen LogP contribution >= 0.6 is 0 Å². The smallest absolute Gasteiger partial charge is 0.251 e. The predicted molar refractivity (Wildman–Crippen MR) is 176 cm³/mol. The molecule has 3 aromatic rings. The monoisotopic (exact) mass is 610 g/mol. The summed E-state index contributed by atoms with van der Waals surface area (Å²) in [5.41, 5.74) is 8.73. The molecule has 0 aliphatic heterocycles. The molecule has 0 unspecified atom stereocenters. The predicted octanol–water partition coefficient (Wildman–Crippen LogP) is 4.57. The SMILES string of the molecule is CCOc1ccc(C[C@@H](NC(=O)c2ccccc2)C(=O)N[C@@H](Cc2ccccc2)C(=O)NCC23CCC(CN)(CC2)CC3)cc1. The van der Waals surface area contributed by atoms with Gasteiger partial charge in [0, 0.05) is 24.9 Å². The fraction of sp³-hybridized carbons (Fsp3) is 0.432. The molecular weight excluding hydrogens is 564 g/mol. The van der Waals surface area contributed by atoms with E-state index in [0.29, 0.717) is 25.1 Å². The van der Waals surface area contributed by atoms with Crippen molar-refractivity contribution < 1.29 is 19.1 Å². The number of carbonyl (C=O) groups excluding carboxylic acids is 3. The molecule has 0 aromatic heterocycles. The van der Waals surface area contributed by atoms with Gasteiger partial charge in [-0.15, -0.1) is 0 Å². The number of amides is 3. The first-order chi connectivity index (χ1) is 21.8. The van der Waals surface area contributed by atoms with Crippen LogP contribution in [0.2, 0.25) is 0 Å². The highest BCUT2D eigenvalue weighted by Gasteiger charge is 2.48. The van der Waals surface area contributed by atoms with Crippen LogP contribution in [-0.4, -0.2) is 49.5 Å². The molecule has 8 nitrogen and oxygen atoms in total. The van der Waals surface area contributed by atoms with Crippen molar-refractivity contribution in [3.05, 3.63) is 102 Å². The second-order valence-electron chi connectivity index (χ2n) is 12.8. The summed E-state index contributed by atoms with van der Waals surface area (Å²) >= 11 is 0. The Labute approximate surface area is 266 Å². The van der Waals surface area contributed by atoms with E-state index in [-0.39, 0.29) is 29.1 Å². The molecule has 8 heteroatoms. The van der Waals surface area contributed by atoms with Crippen LogP contribution in [0.3, 0.4) is 0 Å². The number of fused-ring (bicyclic) bond motifs is 3. The lowest BCUT2D eigenvalue weighted by Gasteiger charge is -2.53. The Morgan fingerprint density at radius 2 is 1.24 bits per heavy atom. The van der Waals surface area contributed by atoms with Crippen LogP contribution in [0.25, 0.3) is 0 Å². The van der Waals surface area contributed by atoms with Crippen LogP contribution in [0.15, 0.2) is 84.9 Å². The number of rotatable bonds is 14. The summed E-state index contributed by atoms with van der Waals surface area (Å²) in [7, 11) is 0. The molecule has 3 aromatic carbocycles. The first kappa shape index (κ1) is 32.2. The van der Waals surface area contributed by atoms with Crippen molar-refractivity contribution in [2.24, 2.45) is 16.6 Å². The Morgan fingerprint density at radius 1 is 0.711 bits per heavy atom. The molecule has 0 heterocycles. The van der Waals surface area contributed by atoms with Gasteiger partial charge >= 0.3 is 0 Å². The normalized spacial score (nSPS) is 21.7. The van der Waals surface area contributed by atoms with Gasteiger partial charge < -0.3 is 26.4 Å². The lowest BCUT2D eigenvalue weighted by atomic mass is 9.54. The zero-order valence-corrected chi connectivity index (χ0v) is 26.2. The molecule has 238 valence electrons. The van der Waals surface area contributed by atoms with Gasteiger partial charge in [0.2, 0.25) is 11.8 Å². The Bertz CT molecular complexity index is 1400. The molecule has 0 spiro atoms. The third-order valence-corrected chi connectivity index (χ3v) is 9.88. The molecule has 3 fully saturated rings. The van der Waals surface area contributed by atoms with Gasteiger partial charge in [0.05, 0.1) is 6.61 Å². The maximum atomic E-state index is 13.9. The van der Waals surface area contributed by atoms with Crippen molar-refractivity contribution in [3.8, 4) is 5.75 Å². The van der Waals surface area contributed by atoms with E-state index in [1.54, 1.807) is 24.3 Å². The number of ether oxygens (including phenoxy) is 1. The minimum absolute atomic E-state index is 0.0910. The van der Waals surface area contributed by atoms with Crippen molar-refractivity contribution >= 4 is 17.7 Å². The average Bonchev–Trinajstić information content (AvgIpc) is 3.09. The van der Waals surface area contributed by atoms with Crippen LogP contribution < -0.4 is 26.4 Å². The van der Waals surface area contributed by atoms with Crippen molar-refractivity contribution in [2.75, 3.05) is 19.7 Å². The molecular formula is C37H46N4O4. The largest absolute Gasteiger partial charge is 0.494 e. The van der Waals surface area contributed by atoms with Crippen molar-refractivity contribution in [1.29, 1.82) is 0 Å². The lowest BCUT2D eigenvalue weighted by molar-refractivity contribution is -0.130. The van der Waals surface area contributed by atoms with Gasteiger partial charge in [-0.3, -0.25) is 14.4 Å². The number of benzene rings is 3. The Morgan fingerprint density at radius 3 is 1.82 bits per heavy atom. The molecule has 3 aliphatic rings. The number of hydrogen-bond donors (Lipinski definition) is 4. The Balaban J connectivity index is 1.32. The van der Waals surface area contributed by atoms with E-state index >= 15 is 0 Å². The number of carbonyl (C=O) groups is 3. The summed E-state index contributed by atoms with van der Waals surface area (Å²) in [5.74, 6) is -0.241. The molecule has 6 rings (SSSR count). The summed E-state index contributed by atoms with van der Waals surface area (Å²) in [5, 5.41) is 9.14. The van der Waals surface area contributed by atoms with Gasteiger partial charge in [-0.25, -0.2) is 0 Å². The van der Waals surface area contributed by atoms with E-state index in [0.717, 1.165) is 61.9 Å². The zero-order valence-electron chi connectivity index (χ0n) is 26.2. The summed E-state index contributed by atoms with van der Waals surface area (Å²) in [6.07, 6.45) is 7.11. The van der Waals surface area contributed by atoms with Crippen LogP contribution in [0.4, 0.5) is 0 Å². The molecule has 45 heavy (non-hydrogen) atoms. The first-order valence-corrected chi connectivity index (χ1v) is 16.2. The van der Waals surface area contributed by atoms with E-state index in [1.165, 1.54) is 0 Å². The lowest BCUT2D eigenvalue weighted by Crippen LogP contribution is -2.56. The van der Waals surface area contributed by atoms with Crippen LogP contribution in [-0.2, 0) is 22.4 Å². The maximum absolute atomic E-state index is 13.9. The standard InChI is InChI=1S/C37H46N4O4/c1-2-45-30-15-13-28(14-16-30)24-32(40-33(42)29-11-7-4-8-12-29)35(44)41-31(23-27-9-5-3-6-10-27)34(43)39-26-37-20-17-36(25-38,18-21-37)19-22-37/h3-16,31-32H,2,17-26,38H2,1H3,(H,39,43)(H,40,42)(H,41,44)/t31-,32+,36?,37?/m0/s1. The van der Waals surface area contributed by atoms with E-state index in [9.17, 15) is 14.4 Å². The third-order valence-electron chi connectivity index (χ3n) is 9.88. The van der Waals surface area contributed by atoms with Crippen LogP contribution in [0.1, 0.15) is 66.9 Å². The molecule has 0 saturated heterocycles. The number of nitrogens with one attached hydrogen (secondary N) is 3. The molecule has 0 radical (unpaired) electrons. The van der Waals surface area contributed by atoms with Gasteiger partial charge in [-0.05, 0) is 98.2 Å². The Kier molecular flexibility index (Phi) is 10.6. The molecule has 3 amide bonds. The highest BCUT2D eigenvalue weighted by molar-refractivity contribution is 5.98. The fourth-order valence-corrected chi connectivity index (χ4v) is 6.81. The number of nitrogens with two attached hydrogens (primary N) is 1. The van der Waals surface area contributed by atoms with Gasteiger partial charge in [0.25, 0.3) is 5.91 Å². The highest BCUT2D eigenvalue weighted by Crippen LogP contribution is 2.56. The maximum Gasteiger partial charge on any atom is 0.251 e. The molecule has 2 atom stereocenters. The quantitative estimate of drug-likeness (QED) is 0.213. The molecule has 2 bridgehead atoms. The van der Waals surface area contributed by atoms with Crippen LogP contribution in [0.5, 0.6) is 5.75 Å². The van der Waals surface area contributed by atoms with Gasteiger partial charge in [0.15, 0.2) is 0 Å². The van der Waals surface area contributed by atoms with Gasteiger partial charge in [-0.2, -0.15) is 0 Å². The second-order valence-corrected chi connectivity index (χ2v) is 12.8. The van der Waals surface area contributed by atoms with E-state index in [4.69, 9.17) is 10.5 Å². The number of hydrogen-bond acceptors (Lipinski definition) is 5. The van der Waals surface area contributed by atoms with Crippen molar-refractivity contribution in [3.63, 3.8) is 0 Å². The van der Waals surface area contributed by atoms with Crippen molar-refractivity contribution in [2.45, 2.75) is 70.4 Å². The molecule has 3 aliphatic carbocycles. The summed E-state index contributed by atoms with van der Waals surface area (Å²) in [6.45, 7) is 3.80.